The van der Waals surface area contributed by atoms with Gasteiger partial charge < -0.3 is 15.2 Å². The van der Waals surface area contributed by atoms with Crippen molar-refractivity contribution in [2.24, 2.45) is 5.73 Å². The molecule has 1 heterocycles. The predicted molar refractivity (Wildman–Crippen MR) is 71.5 cm³/mol. The lowest BCUT2D eigenvalue weighted by molar-refractivity contribution is -0.181. The molecule has 0 aromatic rings. The van der Waals surface area contributed by atoms with E-state index in [1.54, 1.807) is 0 Å². The van der Waals surface area contributed by atoms with Gasteiger partial charge in [-0.2, -0.15) is 0 Å². The largest absolute Gasteiger partial charge is 0.375 e. The molecular formula is C15H27NO2. The maximum absolute atomic E-state index is 6.35. The Balaban J connectivity index is 1.54. The van der Waals surface area contributed by atoms with Gasteiger partial charge in [0.25, 0.3) is 0 Å². The summed E-state index contributed by atoms with van der Waals surface area (Å²) in [5, 5.41) is 0. The maximum Gasteiger partial charge on any atom is 0.0729 e. The molecule has 0 bridgehead atoms. The van der Waals surface area contributed by atoms with Crippen molar-refractivity contribution >= 4 is 0 Å². The molecule has 0 aromatic carbocycles. The highest BCUT2D eigenvalue weighted by Crippen LogP contribution is 2.43. The summed E-state index contributed by atoms with van der Waals surface area (Å²) in [4.78, 5) is 0. The Labute approximate surface area is 110 Å². The second-order valence-electron chi connectivity index (χ2n) is 6.48. The van der Waals surface area contributed by atoms with Crippen LogP contribution in [0.4, 0.5) is 0 Å². The first-order valence-electron chi connectivity index (χ1n) is 7.82. The van der Waals surface area contributed by atoms with E-state index >= 15 is 0 Å². The lowest BCUT2D eigenvalue weighted by atomic mass is 9.74. The molecule has 2 aliphatic carbocycles. The Morgan fingerprint density at radius 2 is 1.83 bits per heavy atom. The van der Waals surface area contributed by atoms with E-state index in [2.05, 4.69) is 0 Å². The molecule has 0 aromatic heterocycles. The van der Waals surface area contributed by atoms with Gasteiger partial charge in [-0.3, -0.25) is 0 Å². The van der Waals surface area contributed by atoms with Crippen molar-refractivity contribution in [3.63, 3.8) is 0 Å². The van der Waals surface area contributed by atoms with Gasteiger partial charge >= 0.3 is 0 Å². The van der Waals surface area contributed by atoms with Crippen LogP contribution in [-0.2, 0) is 9.47 Å². The van der Waals surface area contributed by atoms with Crippen LogP contribution >= 0.6 is 0 Å². The van der Waals surface area contributed by atoms with Crippen LogP contribution in [0.25, 0.3) is 0 Å². The van der Waals surface area contributed by atoms with E-state index in [-0.39, 0.29) is 11.6 Å². The fourth-order valence-electron chi connectivity index (χ4n) is 3.74. The minimum absolute atomic E-state index is 0.192. The summed E-state index contributed by atoms with van der Waals surface area (Å²) in [6, 6.07) is 0.257. The Morgan fingerprint density at radius 3 is 2.61 bits per heavy atom. The molecule has 3 heteroatoms. The van der Waals surface area contributed by atoms with Gasteiger partial charge in [0, 0.05) is 19.1 Å². The molecule has 0 radical (unpaired) electrons. The van der Waals surface area contributed by atoms with E-state index in [1.807, 2.05) is 0 Å². The van der Waals surface area contributed by atoms with Crippen molar-refractivity contribution in [3.05, 3.63) is 0 Å². The van der Waals surface area contributed by atoms with E-state index in [1.165, 1.54) is 38.5 Å². The van der Waals surface area contributed by atoms with Crippen LogP contribution in [0, 0.1) is 0 Å². The van der Waals surface area contributed by atoms with Crippen LogP contribution in [-0.4, -0.2) is 30.5 Å². The van der Waals surface area contributed by atoms with E-state index in [0.717, 1.165) is 32.3 Å². The number of hydrogen-bond acceptors (Lipinski definition) is 3. The van der Waals surface area contributed by atoms with Crippen LogP contribution in [0.1, 0.15) is 64.2 Å². The first-order chi connectivity index (χ1) is 8.77. The second-order valence-corrected chi connectivity index (χ2v) is 6.48. The molecule has 0 amide bonds. The summed E-state index contributed by atoms with van der Waals surface area (Å²) in [5.41, 5.74) is 6.45. The van der Waals surface area contributed by atoms with Gasteiger partial charge in [-0.1, -0.05) is 19.3 Å². The average Bonchev–Trinajstić information content (AvgIpc) is 2.54. The number of rotatable bonds is 2. The van der Waals surface area contributed by atoms with Crippen molar-refractivity contribution in [2.75, 3.05) is 6.61 Å². The van der Waals surface area contributed by atoms with Gasteiger partial charge in [0.1, 0.15) is 0 Å². The molecule has 18 heavy (non-hydrogen) atoms. The highest BCUT2D eigenvalue weighted by Gasteiger charge is 2.43. The summed E-state index contributed by atoms with van der Waals surface area (Å²) < 4.78 is 12.3. The quantitative estimate of drug-likeness (QED) is 0.770. The predicted octanol–water partition coefficient (Wildman–Crippen LogP) is 2.76. The van der Waals surface area contributed by atoms with E-state index in [0.29, 0.717) is 12.2 Å². The van der Waals surface area contributed by atoms with Crippen molar-refractivity contribution < 1.29 is 9.47 Å². The van der Waals surface area contributed by atoms with Gasteiger partial charge in [0.05, 0.1) is 17.8 Å². The van der Waals surface area contributed by atoms with Gasteiger partial charge in [-0.25, -0.2) is 0 Å². The summed E-state index contributed by atoms with van der Waals surface area (Å²) >= 11 is 0. The third-order valence-electron chi connectivity index (χ3n) is 5.08. The van der Waals surface area contributed by atoms with E-state index in [4.69, 9.17) is 15.2 Å². The van der Waals surface area contributed by atoms with Crippen molar-refractivity contribution in [1.29, 1.82) is 0 Å². The molecular weight excluding hydrogens is 226 g/mol. The molecule has 3 nitrogen and oxygen atoms in total. The Morgan fingerprint density at radius 1 is 1.00 bits per heavy atom. The van der Waals surface area contributed by atoms with Gasteiger partial charge in [0.2, 0.25) is 0 Å². The highest BCUT2D eigenvalue weighted by atomic mass is 16.5. The minimum Gasteiger partial charge on any atom is -0.375 e. The van der Waals surface area contributed by atoms with Crippen molar-refractivity contribution in [2.45, 2.75) is 88.1 Å². The molecule has 2 N–H and O–H groups in total. The van der Waals surface area contributed by atoms with Crippen LogP contribution < -0.4 is 5.73 Å². The highest BCUT2D eigenvalue weighted by molar-refractivity contribution is 4.95. The molecule has 1 aliphatic heterocycles. The fourth-order valence-corrected chi connectivity index (χ4v) is 3.74. The Kier molecular flexibility index (Phi) is 3.92. The van der Waals surface area contributed by atoms with Crippen molar-refractivity contribution in [1.82, 2.24) is 0 Å². The normalized spacial score (nSPS) is 40.2. The molecule has 2 saturated carbocycles. The summed E-state index contributed by atoms with van der Waals surface area (Å²) in [7, 11) is 0. The lowest BCUT2D eigenvalue weighted by Gasteiger charge is -2.47. The molecule has 3 unspecified atom stereocenters. The molecule has 1 saturated heterocycles. The number of hydrogen-bond donors (Lipinski definition) is 1. The molecule has 3 aliphatic rings. The van der Waals surface area contributed by atoms with Crippen molar-refractivity contribution in [3.8, 4) is 0 Å². The molecule has 3 atom stereocenters. The first kappa shape index (κ1) is 12.9. The van der Waals surface area contributed by atoms with E-state index < -0.39 is 0 Å². The Hall–Kier alpha value is -0.120. The average molecular weight is 253 g/mol. The van der Waals surface area contributed by atoms with Crippen LogP contribution in [0.15, 0.2) is 0 Å². The standard InChI is InChI=1S/C15H27NO2/c16-13-5-2-1-3-6-14(13)18-12-7-10-17-15(11-12)8-4-9-15/h12-14H,1-11,16H2. The fraction of sp³-hybridized carbons (Fsp3) is 1.00. The molecule has 104 valence electrons. The summed E-state index contributed by atoms with van der Waals surface area (Å²) in [6.07, 6.45) is 12.9. The molecule has 3 rings (SSSR count). The zero-order chi connectivity index (χ0) is 12.4. The van der Waals surface area contributed by atoms with E-state index in [9.17, 15) is 0 Å². The zero-order valence-corrected chi connectivity index (χ0v) is 11.4. The zero-order valence-electron chi connectivity index (χ0n) is 11.4. The van der Waals surface area contributed by atoms with Crippen LogP contribution in [0.2, 0.25) is 0 Å². The maximum atomic E-state index is 6.35. The SMILES string of the molecule is NC1CCCCCC1OC1CCOC2(CCC2)C1. The minimum atomic E-state index is 0.192. The number of nitrogens with two attached hydrogens (primary N) is 1. The summed E-state index contributed by atoms with van der Waals surface area (Å²) in [5.74, 6) is 0. The monoisotopic (exact) mass is 253 g/mol. The third-order valence-corrected chi connectivity index (χ3v) is 5.08. The Bertz CT molecular complexity index is 278. The first-order valence-corrected chi connectivity index (χ1v) is 7.82. The van der Waals surface area contributed by atoms with Gasteiger partial charge in [-0.15, -0.1) is 0 Å². The topological polar surface area (TPSA) is 44.5 Å². The molecule has 1 spiro atoms. The molecule has 3 fully saturated rings. The smallest absolute Gasteiger partial charge is 0.0729 e. The van der Waals surface area contributed by atoms with Gasteiger partial charge in [-0.05, 0) is 38.5 Å². The lowest BCUT2D eigenvalue weighted by Crippen LogP contribution is -2.49. The number of ether oxygens (including phenoxy) is 2. The van der Waals surface area contributed by atoms with Crippen LogP contribution in [0.3, 0.4) is 0 Å². The third kappa shape index (κ3) is 2.73. The summed E-state index contributed by atoms with van der Waals surface area (Å²) in [6.45, 7) is 0.882. The van der Waals surface area contributed by atoms with Gasteiger partial charge in [0.15, 0.2) is 0 Å². The second kappa shape index (κ2) is 5.48. The van der Waals surface area contributed by atoms with Crippen LogP contribution in [0.5, 0.6) is 0 Å².